The number of hydrogen-bond donors (Lipinski definition) is 1. The fraction of sp³-hybridized carbons (Fsp3) is 0.462. The highest BCUT2D eigenvalue weighted by Crippen LogP contribution is 2.28. The van der Waals surface area contributed by atoms with Crippen molar-refractivity contribution in [3.63, 3.8) is 0 Å². The Hall–Kier alpha value is -1.55. The zero-order valence-corrected chi connectivity index (χ0v) is 10.3. The van der Waals surface area contributed by atoms with E-state index in [1.54, 1.807) is 18.2 Å². The largest absolute Gasteiger partial charge is 0.491 e. The molecule has 0 saturated heterocycles. The summed E-state index contributed by atoms with van der Waals surface area (Å²) in [5, 5.41) is 9.93. The normalized spacial score (nSPS) is 12.3. The number of aliphatic hydroxyl groups is 1. The summed E-state index contributed by atoms with van der Waals surface area (Å²) in [5.74, 6) is 0.149. The lowest BCUT2D eigenvalue weighted by molar-refractivity contribution is -0.142. The second-order valence-corrected chi connectivity index (χ2v) is 4.00. The van der Waals surface area contributed by atoms with E-state index in [9.17, 15) is 9.90 Å². The van der Waals surface area contributed by atoms with Gasteiger partial charge in [0.2, 0.25) is 0 Å². The van der Waals surface area contributed by atoms with Crippen molar-refractivity contribution in [2.24, 2.45) is 0 Å². The Kier molecular flexibility index (Phi) is 4.97. The van der Waals surface area contributed by atoms with Crippen LogP contribution in [0.1, 0.15) is 31.9 Å². The first kappa shape index (κ1) is 13.5. The van der Waals surface area contributed by atoms with E-state index < -0.39 is 12.1 Å². The van der Waals surface area contributed by atoms with E-state index in [0.717, 1.165) is 0 Å². The molecule has 1 atom stereocenters. The summed E-state index contributed by atoms with van der Waals surface area (Å²) in [6.45, 7) is 3.81. The smallest absolute Gasteiger partial charge is 0.308 e. The maximum atomic E-state index is 11.1. The number of aliphatic hydroxyl groups excluding tert-OH is 1. The van der Waals surface area contributed by atoms with Crippen LogP contribution in [0.3, 0.4) is 0 Å². The lowest BCUT2D eigenvalue weighted by Gasteiger charge is -2.17. The molecule has 0 aliphatic carbocycles. The highest BCUT2D eigenvalue weighted by molar-refractivity contribution is 5.70. The van der Waals surface area contributed by atoms with E-state index >= 15 is 0 Å². The minimum atomic E-state index is -0.905. The Morgan fingerprint density at radius 3 is 2.59 bits per heavy atom. The predicted molar refractivity (Wildman–Crippen MR) is 63.8 cm³/mol. The Balaban J connectivity index is 2.84. The standard InChI is InChI=1S/C13H18O4/c1-9(2)17-12-7-5-4-6-10(12)11(14)8-13(15)16-3/h4-7,9,11,14H,8H2,1-3H3. The van der Waals surface area contributed by atoms with Gasteiger partial charge in [-0.25, -0.2) is 0 Å². The van der Waals surface area contributed by atoms with Gasteiger partial charge in [0.15, 0.2) is 0 Å². The zero-order chi connectivity index (χ0) is 12.8. The Morgan fingerprint density at radius 1 is 1.35 bits per heavy atom. The summed E-state index contributed by atoms with van der Waals surface area (Å²) < 4.78 is 10.1. The molecule has 0 amide bonds. The van der Waals surface area contributed by atoms with Crippen molar-refractivity contribution < 1.29 is 19.4 Å². The van der Waals surface area contributed by atoms with E-state index in [1.165, 1.54) is 7.11 Å². The Morgan fingerprint density at radius 2 is 2.00 bits per heavy atom. The molecule has 1 rings (SSSR count). The van der Waals surface area contributed by atoms with Crippen LogP contribution in [0.5, 0.6) is 5.75 Å². The van der Waals surface area contributed by atoms with Gasteiger partial charge in [-0.15, -0.1) is 0 Å². The number of para-hydroxylation sites is 1. The van der Waals surface area contributed by atoms with Gasteiger partial charge in [-0.2, -0.15) is 0 Å². The number of benzene rings is 1. The summed E-state index contributed by atoms with van der Waals surface area (Å²) in [7, 11) is 1.30. The van der Waals surface area contributed by atoms with Crippen molar-refractivity contribution in [1.29, 1.82) is 0 Å². The molecule has 0 heterocycles. The van der Waals surface area contributed by atoms with Crippen LogP contribution >= 0.6 is 0 Å². The van der Waals surface area contributed by atoms with Crippen LogP contribution in [-0.4, -0.2) is 24.3 Å². The van der Waals surface area contributed by atoms with Gasteiger partial charge in [-0.1, -0.05) is 18.2 Å². The first-order valence-corrected chi connectivity index (χ1v) is 5.55. The van der Waals surface area contributed by atoms with Crippen LogP contribution in [0.15, 0.2) is 24.3 Å². The van der Waals surface area contributed by atoms with E-state index in [2.05, 4.69) is 4.74 Å². The predicted octanol–water partition coefficient (Wildman–Crippen LogP) is 2.07. The molecule has 4 nitrogen and oxygen atoms in total. The van der Waals surface area contributed by atoms with Crippen molar-refractivity contribution in [3.8, 4) is 5.75 Å². The SMILES string of the molecule is COC(=O)CC(O)c1ccccc1OC(C)C. The Labute approximate surface area is 101 Å². The molecular weight excluding hydrogens is 220 g/mol. The van der Waals surface area contributed by atoms with Crippen LogP contribution in [0.25, 0.3) is 0 Å². The van der Waals surface area contributed by atoms with Crippen molar-refractivity contribution in [1.82, 2.24) is 0 Å². The van der Waals surface area contributed by atoms with Crippen molar-refractivity contribution in [2.45, 2.75) is 32.5 Å². The lowest BCUT2D eigenvalue weighted by atomic mass is 10.1. The van der Waals surface area contributed by atoms with Gasteiger partial charge in [-0.05, 0) is 19.9 Å². The number of rotatable bonds is 5. The van der Waals surface area contributed by atoms with Gasteiger partial charge in [0, 0.05) is 5.56 Å². The summed E-state index contributed by atoms with van der Waals surface area (Å²) in [6, 6.07) is 7.14. The van der Waals surface area contributed by atoms with E-state index in [1.807, 2.05) is 19.9 Å². The third-order valence-electron chi connectivity index (χ3n) is 2.23. The number of carbonyl (C=O) groups is 1. The van der Waals surface area contributed by atoms with Crippen LogP contribution < -0.4 is 4.74 Å². The second-order valence-electron chi connectivity index (χ2n) is 4.00. The average Bonchev–Trinajstić information content (AvgIpc) is 2.28. The molecule has 1 aromatic carbocycles. The van der Waals surface area contributed by atoms with Gasteiger partial charge in [-0.3, -0.25) is 4.79 Å². The first-order valence-electron chi connectivity index (χ1n) is 5.55. The highest BCUT2D eigenvalue weighted by atomic mass is 16.5. The van der Waals surface area contributed by atoms with Crippen LogP contribution in [0.4, 0.5) is 0 Å². The minimum absolute atomic E-state index is 0.0153. The Bertz CT molecular complexity index is 373. The summed E-state index contributed by atoms with van der Waals surface area (Å²) >= 11 is 0. The summed E-state index contributed by atoms with van der Waals surface area (Å²) in [5.41, 5.74) is 0.603. The fourth-order valence-electron chi connectivity index (χ4n) is 1.47. The monoisotopic (exact) mass is 238 g/mol. The van der Waals surface area contributed by atoms with Gasteiger partial charge in [0.25, 0.3) is 0 Å². The highest BCUT2D eigenvalue weighted by Gasteiger charge is 2.17. The van der Waals surface area contributed by atoms with E-state index in [-0.39, 0.29) is 12.5 Å². The van der Waals surface area contributed by atoms with Gasteiger partial charge < -0.3 is 14.6 Å². The number of ether oxygens (including phenoxy) is 2. The molecule has 4 heteroatoms. The van der Waals surface area contributed by atoms with Gasteiger partial charge >= 0.3 is 5.97 Å². The van der Waals surface area contributed by atoms with E-state index in [4.69, 9.17) is 4.74 Å². The van der Waals surface area contributed by atoms with Crippen molar-refractivity contribution in [2.75, 3.05) is 7.11 Å². The fourth-order valence-corrected chi connectivity index (χ4v) is 1.47. The van der Waals surface area contributed by atoms with E-state index in [0.29, 0.717) is 11.3 Å². The molecular formula is C13H18O4. The molecule has 0 aromatic heterocycles. The van der Waals surface area contributed by atoms with Crippen molar-refractivity contribution in [3.05, 3.63) is 29.8 Å². The van der Waals surface area contributed by atoms with Crippen LogP contribution in [0.2, 0.25) is 0 Å². The quantitative estimate of drug-likeness (QED) is 0.798. The second kappa shape index (κ2) is 6.25. The van der Waals surface area contributed by atoms with Crippen LogP contribution in [-0.2, 0) is 9.53 Å². The van der Waals surface area contributed by atoms with Gasteiger partial charge in [0.1, 0.15) is 5.75 Å². The molecule has 0 fully saturated rings. The van der Waals surface area contributed by atoms with Crippen molar-refractivity contribution >= 4 is 5.97 Å². The molecule has 1 aromatic rings. The third-order valence-corrected chi connectivity index (χ3v) is 2.23. The third kappa shape index (κ3) is 4.07. The number of hydrogen-bond acceptors (Lipinski definition) is 4. The average molecular weight is 238 g/mol. The summed E-state index contributed by atoms with van der Waals surface area (Å²) in [4.78, 5) is 11.1. The topological polar surface area (TPSA) is 55.8 Å². The van der Waals surface area contributed by atoms with Crippen LogP contribution in [0, 0.1) is 0 Å². The molecule has 1 N–H and O–H groups in total. The molecule has 17 heavy (non-hydrogen) atoms. The summed E-state index contributed by atoms with van der Waals surface area (Å²) in [6.07, 6.45) is -0.964. The molecule has 0 spiro atoms. The number of carbonyl (C=O) groups excluding carboxylic acids is 1. The molecule has 0 aliphatic rings. The molecule has 0 bridgehead atoms. The first-order chi connectivity index (χ1) is 8.04. The maximum Gasteiger partial charge on any atom is 0.308 e. The molecule has 0 radical (unpaired) electrons. The zero-order valence-electron chi connectivity index (χ0n) is 10.3. The maximum absolute atomic E-state index is 11.1. The molecule has 0 saturated carbocycles. The van der Waals surface area contributed by atoms with Gasteiger partial charge in [0.05, 0.1) is 25.7 Å². The molecule has 1 unspecified atom stereocenters. The number of esters is 1. The number of methoxy groups -OCH3 is 1. The molecule has 0 aliphatic heterocycles. The lowest BCUT2D eigenvalue weighted by Crippen LogP contribution is -2.12. The molecule has 94 valence electrons. The minimum Gasteiger partial charge on any atom is -0.491 e.